The normalized spacial score (nSPS) is 10.4. The van der Waals surface area contributed by atoms with Crippen LogP contribution in [0.15, 0.2) is 48.8 Å². The molecule has 2 aromatic rings. The number of benzene rings is 1. The fourth-order valence-corrected chi connectivity index (χ4v) is 2.37. The van der Waals surface area contributed by atoms with Crippen molar-refractivity contribution in [3.05, 3.63) is 59.9 Å². The van der Waals surface area contributed by atoms with Crippen LogP contribution in [0.25, 0.3) is 0 Å². The van der Waals surface area contributed by atoms with Crippen molar-refractivity contribution in [3.8, 4) is 0 Å². The number of aryl methyl sites for hydroxylation is 1. The van der Waals surface area contributed by atoms with Crippen LogP contribution in [0.4, 0.5) is 5.69 Å². The first-order valence-corrected chi connectivity index (χ1v) is 7.70. The summed E-state index contributed by atoms with van der Waals surface area (Å²) in [7, 11) is 0. The van der Waals surface area contributed by atoms with Gasteiger partial charge in [-0.25, -0.2) is 0 Å². The van der Waals surface area contributed by atoms with Crippen molar-refractivity contribution >= 4 is 11.6 Å². The minimum absolute atomic E-state index is 0.202. The minimum Gasteiger partial charge on any atom is -0.399 e. The van der Waals surface area contributed by atoms with Crippen molar-refractivity contribution in [3.63, 3.8) is 0 Å². The molecule has 0 aliphatic carbocycles. The van der Waals surface area contributed by atoms with Crippen LogP contribution in [0.1, 0.15) is 24.5 Å². The van der Waals surface area contributed by atoms with E-state index >= 15 is 0 Å². The third-order valence-electron chi connectivity index (χ3n) is 3.76. The van der Waals surface area contributed by atoms with Gasteiger partial charge in [-0.15, -0.1) is 0 Å². The number of hydrogen-bond donors (Lipinski definition) is 1. The lowest BCUT2D eigenvalue weighted by atomic mass is 10.1. The summed E-state index contributed by atoms with van der Waals surface area (Å²) in [6.07, 6.45) is 5.73. The molecule has 1 heterocycles. The van der Waals surface area contributed by atoms with Crippen molar-refractivity contribution in [2.24, 2.45) is 0 Å². The van der Waals surface area contributed by atoms with Crippen LogP contribution in [0, 0.1) is 0 Å². The minimum atomic E-state index is 0.202. The number of hydrogen-bond acceptors (Lipinski definition) is 3. The Balaban J connectivity index is 1.82. The number of likely N-dealkylation sites (N-methyl/N-ethyl adjacent to an activating group) is 1. The number of rotatable bonds is 7. The number of carbonyl (C=O) groups excluding carboxylic acids is 1. The Morgan fingerprint density at radius 2 is 1.68 bits per heavy atom. The van der Waals surface area contributed by atoms with E-state index in [4.69, 9.17) is 5.73 Å². The van der Waals surface area contributed by atoms with Gasteiger partial charge in [0.05, 0.1) is 0 Å². The molecule has 116 valence electrons. The molecule has 0 fully saturated rings. The van der Waals surface area contributed by atoms with Gasteiger partial charge in [-0.2, -0.15) is 0 Å². The van der Waals surface area contributed by atoms with E-state index in [2.05, 4.69) is 4.98 Å². The van der Waals surface area contributed by atoms with Gasteiger partial charge in [0, 0.05) is 37.6 Å². The first kappa shape index (κ1) is 16.0. The largest absolute Gasteiger partial charge is 0.399 e. The third kappa shape index (κ3) is 4.88. The number of nitrogens with two attached hydrogens (primary N) is 1. The van der Waals surface area contributed by atoms with E-state index in [0.717, 1.165) is 37.2 Å². The second-order valence-corrected chi connectivity index (χ2v) is 5.32. The molecule has 0 aliphatic heterocycles. The summed E-state index contributed by atoms with van der Waals surface area (Å²) in [6.45, 7) is 3.51. The molecule has 0 bridgehead atoms. The van der Waals surface area contributed by atoms with Gasteiger partial charge in [0.15, 0.2) is 0 Å². The summed E-state index contributed by atoms with van der Waals surface area (Å²) >= 11 is 0. The number of aromatic nitrogens is 1. The van der Waals surface area contributed by atoms with E-state index in [1.807, 2.05) is 48.2 Å². The SMILES string of the molecule is CCN(CCc1ccncc1)C(=O)CCc1ccc(N)cc1. The second kappa shape index (κ2) is 8.17. The number of nitrogens with zero attached hydrogens (tertiary/aromatic N) is 2. The lowest BCUT2D eigenvalue weighted by molar-refractivity contribution is -0.130. The number of pyridine rings is 1. The molecule has 2 N–H and O–H groups in total. The summed E-state index contributed by atoms with van der Waals surface area (Å²) in [4.78, 5) is 18.2. The average molecular weight is 297 g/mol. The monoisotopic (exact) mass is 297 g/mol. The highest BCUT2D eigenvalue weighted by molar-refractivity contribution is 5.76. The molecule has 0 spiro atoms. The van der Waals surface area contributed by atoms with Crippen molar-refractivity contribution in [1.29, 1.82) is 0 Å². The van der Waals surface area contributed by atoms with E-state index < -0.39 is 0 Å². The maximum Gasteiger partial charge on any atom is 0.222 e. The highest BCUT2D eigenvalue weighted by Gasteiger charge is 2.11. The average Bonchev–Trinajstić information content (AvgIpc) is 2.56. The fraction of sp³-hybridized carbons (Fsp3) is 0.333. The number of carbonyl (C=O) groups is 1. The number of anilines is 1. The van der Waals surface area contributed by atoms with Crippen molar-refractivity contribution < 1.29 is 4.79 Å². The Hall–Kier alpha value is -2.36. The van der Waals surface area contributed by atoms with Gasteiger partial charge in [-0.3, -0.25) is 9.78 Å². The van der Waals surface area contributed by atoms with Crippen LogP contribution < -0.4 is 5.73 Å². The molecule has 22 heavy (non-hydrogen) atoms. The van der Waals surface area contributed by atoms with Crippen molar-refractivity contribution in [1.82, 2.24) is 9.88 Å². The van der Waals surface area contributed by atoms with Crippen molar-refractivity contribution in [2.75, 3.05) is 18.8 Å². The quantitative estimate of drug-likeness (QED) is 0.799. The van der Waals surface area contributed by atoms with Gasteiger partial charge in [-0.1, -0.05) is 12.1 Å². The van der Waals surface area contributed by atoms with Gasteiger partial charge in [-0.05, 0) is 55.2 Å². The molecular weight excluding hydrogens is 274 g/mol. The van der Waals surface area contributed by atoms with E-state index in [0.29, 0.717) is 6.42 Å². The molecule has 0 unspecified atom stereocenters. The van der Waals surface area contributed by atoms with E-state index in [1.54, 1.807) is 12.4 Å². The number of nitrogen functional groups attached to an aromatic ring is 1. The van der Waals surface area contributed by atoms with Crippen LogP contribution in [0.2, 0.25) is 0 Å². The topological polar surface area (TPSA) is 59.2 Å². The van der Waals surface area contributed by atoms with Crippen molar-refractivity contribution in [2.45, 2.75) is 26.2 Å². The molecule has 0 aliphatic rings. The summed E-state index contributed by atoms with van der Waals surface area (Å²) in [6, 6.07) is 11.7. The molecule has 2 rings (SSSR count). The molecule has 0 radical (unpaired) electrons. The highest BCUT2D eigenvalue weighted by Crippen LogP contribution is 2.09. The van der Waals surface area contributed by atoms with Crippen LogP contribution in [-0.4, -0.2) is 28.9 Å². The molecule has 1 aromatic carbocycles. The van der Waals surface area contributed by atoms with E-state index in [9.17, 15) is 4.79 Å². The van der Waals surface area contributed by atoms with Crippen LogP contribution in [-0.2, 0) is 17.6 Å². The molecule has 1 aromatic heterocycles. The summed E-state index contributed by atoms with van der Waals surface area (Å²) < 4.78 is 0. The summed E-state index contributed by atoms with van der Waals surface area (Å²) in [5.41, 5.74) is 8.77. The van der Waals surface area contributed by atoms with Crippen LogP contribution >= 0.6 is 0 Å². The maximum atomic E-state index is 12.3. The molecular formula is C18H23N3O. The first-order chi connectivity index (χ1) is 10.7. The molecule has 0 saturated carbocycles. The van der Waals surface area contributed by atoms with Gasteiger partial charge < -0.3 is 10.6 Å². The van der Waals surface area contributed by atoms with Gasteiger partial charge >= 0.3 is 0 Å². The third-order valence-corrected chi connectivity index (χ3v) is 3.76. The van der Waals surface area contributed by atoms with E-state index in [1.165, 1.54) is 5.56 Å². The zero-order valence-electron chi connectivity index (χ0n) is 13.0. The smallest absolute Gasteiger partial charge is 0.222 e. The Kier molecular flexibility index (Phi) is 5.95. The molecule has 1 amide bonds. The Morgan fingerprint density at radius 1 is 1.05 bits per heavy atom. The molecule has 0 atom stereocenters. The molecule has 0 saturated heterocycles. The van der Waals surface area contributed by atoms with Crippen LogP contribution in [0.5, 0.6) is 0 Å². The Labute approximate surface area is 132 Å². The molecule has 4 nitrogen and oxygen atoms in total. The lowest BCUT2D eigenvalue weighted by Crippen LogP contribution is -2.32. The summed E-state index contributed by atoms with van der Waals surface area (Å²) in [5, 5.41) is 0. The fourth-order valence-electron chi connectivity index (χ4n) is 2.37. The Morgan fingerprint density at radius 3 is 2.32 bits per heavy atom. The maximum absolute atomic E-state index is 12.3. The van der Waals surface area contributed by atoms with Gasteiger partial charge in [0.25, 0.3) is 0 Å². The highest BCUT2D eigenvalue weighted by atomic mass is 16.2. The molecule has 4 heteroatoms. The standard InChI is InChI=1S/C18H23N3O/c1-2-21(14-11-16-9-12-20-13-10-16)18(22)8-5-15-3-6-17(19)7-4-15/h3-4,6-7,9-10,12-13H,2,5,8,11,14,19H2,1H3. The predicted octanol–water partition coefficient (Wildman–Crippen LogP) is 2.69. The van der Waals surface area contributed by atoms with E-state index in [-0.39, 0.29) is 5.91 Å². The Bertz CT molecular complexity index is 581. The predicted molar refractivity (Wildman–Crippen MR) is 89.4 cm³/mol. The zero-order chi connectivity index (χ0) is 15.8. The lowest BCUT2D eigenvalue weighted by Gasteiger charge is -2.21. The van der Waals surface area contributed by atoms with Gasteiger partial charge in [0.2, 0.25) is 5.91 Å². The van der Waals surface area contributed by atoms with Crippen LogP contribution in [0.3, 0.4) is 0 Å². The van der Waals surface area contributed by atoms with Gasteiger partial charge in [0.1, 0.15) is 0 Å². The zero-order valence-corrected chi connectivity index (χ0v) is 13.0. The second-order valence-electron chi connectivity index (χ2n) is 5.32. The first-order valence-electron chi connectivity index (χ1n) is 7.70. The summed E-state index contributed by atoms with van der Waals surface area (Å²) in [5.74, 6) is 0.202. The number of amides is 1.